The van der Waals surface area contributed by atoms with E-state index in [-0.39, 0.29) is 11.9 Å². The number of hydrogen-bond acceptors (Lipinski definition) is 4. The number of benzene rings is 1. The lowest BCUT2D eigenvalue weighted by Crippen LogP contribution is -2.33. The molecule has 0 aliphatic carbocycles. The van der Waals surface area contributed by atoms with Gasteiger partial charge >= 0.3 is 0 Å². The summed E-state index contributed by atoms with van der Waals surface area (Å²) in [6.45, 7) is 3.75. The Balaban J connectivity index is 1.64. The largest absolute Gasteiger partial charge is 0.333 e. The van der Waals surface area contributed by atoms with Gasteiger partial charge in [-0.2, -0.15) is 0 Å². The van der Waals surface area contributed by atoms with E-state index in [2.05, 4.69) is 20.9 Å². The maximum Gasteiger partial charge on any atom is 0.158 e. The van der Waals surface area contributed by atoms with Gasteiger partial charge in [-0.25, -0.2) is 19.3 Å². The molecule has 6 heteroatoms. The second-order valence-electron chi connectivity index (χ2n) is 7.20. The number of likely N-dealkylation sites (tertiary alicyclic amines) is 1. The first kappa shape index (κ1) is 17.8. The fourth-order valence-electron chi connectivity index (χ4n) is 3.83. The Hall–Kier alpha value is -2.60. The van der Waals surface area contributed by atoms with Gasteiger partial charge in [-0.15, -0.1) is 0 Å². The van der Waals surface area contributed by atoms with Crippen molar-refractivity contribution in [2.24, 2.45) is 7.05 Å². The zero-order valence-electron chi connectivity index (χ0n) is 15.8. The minimum absolute atomic E-state index is 0.194. The van der Waals surface area contributed by atoms with Crippen LogP contribution in [0.25, 0.3) is 11.5 Å². The Kier molecular flexibility index (Phi) is 4.99. The molecule has 1 unspecified atom stereocenters. The van der Waals surface area contributed by atoms with Crippen LogP contribution in [-0.2, 0) is 13.6 Å². The van der Waals surface area contributed by atoms with E-state index < -0.39 is 0 Å². The molecule has 0 saturated carbocycles. The summed E-state index contributed by atoms with van der Waals surface area (Å²) in [6.07, 6.45) is 7.14. The van der Waals surface area contributed by atoms with Gasteiger partial charge in [0.2, 0.25) is 0 Å². The molecule has 140 valence electrons. The zero-order valence-corrected chi connectivity index (χ0v) is 15.8. The summed E-state index contributed by atoms with van der Waals surface area (Å²) >= 11 is 0. The third-order valence-electron chi connectivity index (χ3n) is 5.16. The van der Waals surface area contributed by atoms with Crippen molar-refractivity contribution < 1.29 is 4.39 Å². The average molecular weight is 365 g/mol. The minimum atomic E-state index is -0.194. The number of rotatable bonds is 4. The van der Waals surface area contributed by atoms with Crippen LogP contribution >= 0.6 is 0 Å². The van der Waals surface area contributed by atoms with Gasteiger partial charge in [-0.05, 0) is 50.1 Å². The number of halogens is 1. The number of hydrogen-bond donors (Lipinski definition) is 0. The van der Waals surface area contributed by atoms with E-state index in [0.717, 1.165) is 48.1 Å². The molecule has 2 aromatic heterocycles. The van der Waals surface area contributed by atoms with Crippen LogP contribution in [0.5, 0.6) is 0 Å². The van der Waals surface area contributed by atoms with Gasteiger partial charge < -0.3 is 4.57 Å². The molecular formula is C21H24FN5. The molecule has 4 rings (SSSR count). The van der Waals surface area contributed by atoms with Crippen molar-refractivity contribution in [1.82, 2.24) is 24.4 Å². The summed E-state index contributed by atoms with van der Waals surface area (Å²) < 4.78 is 15.2. The van der Waals surface area contributed by atoms with Crippen LogP contribution in [-0.4, -0.2) is 31.0 Å². The van der Waals surface area contributed by atoms with Crippen molar-refractivity contribution in [3.8, 4) is 11.5 Å². The molecule has 5 nitrogen and oxygen atoms in total. The lowest BCUT2D eigenvalue weighted by molar-refractivity contribution is 0.137. The van der Waals surface area contributed by atoms with Gasteiger partial charge in [0.15, 0.2) is 5.82 Å². The van der Waals surface area contributed by atoms with E-state index in [1.165, 1.54) is 25.0 Å². The van der Waals surface area contributed by atoms with Crippen LogP contribution in [0.3, 0.4) is 0 Å². The van der Waals surface area contributed by atoms with E-state index >= 15 is 0 Å². The molecule has 1 aliphatic heterocycles. The molecule has 0 amide bonds. The van der Waals surface area contributed by atoms with Gasteiger partial charge in [0, 0.05) is 26.0 Å². The first-order valence-electron chi connectivity index (χ1n) is 9.42. The summed E-state index contributed by atoms with van der Waals surface area (Å²) in [7, 11) is 1.97. The standard InChI is InChI=1S/C21H24FN5/c1-15-24-18(13-19(25-15)21-23-10-12-26(21)2)20-5-3-4-11-27(20)14-16-6-8-17(22)9-7-16/h6-10,12-13,20H,3-5,11,14H2,1-2H3. The highest BCUT2D eigenvalue weighted by atomic mass is 19.1. The number of nitrogens with zero attached hydrogens (tertiary/aromatic N) is 5. The van der Waals surface area contributed by atoms with Crippen LogP contribution < -0.4 is 0 Å². The van der Waals surface area contributed by atoms with Crippen LogP contribution in [0.15, 0.2) is 42.7 Å². The molecule has 27 heavy (non-hydrogen) atoms. The summed E-state index contributed by atoms with van der Waals surface area (Å²) in [4.78, 5) is 16.2. The maximum absolute atomic E-state index is 13.2. The fourth-order valence-corrected chi connectivity index (χ4v) is 3.83. The van der Waals surface area contributed by atoms with Gasteiger partial charge in [0.25, 0.3) is 0 Å². The number of aromatic nitrogens is 4. The Morgan fingerprint density at radius 2 is 1.96 bits per heavy atom. The predicted octanol–water partition coefficient (Wildman–Crippen LogP) is 4.05. The van der Waals surface area contributed by atoms with Crippen molar-refractivity contribution in [3.63, 3.8) is 0 Å². The minimum Gasteiger partial charge on any atom is -0.333 e. The van der Waals surface area contributed by atoms with Gasteiger partial charge in [0.05, 0.1) is 11.7 Å². The first-order valence-corrected chi connectivity index (χ1v) is 9.42. The molecule has 1 atom stereocenters. The average Bonchev–Trinajstić information content (AvgIpc) is 3.09. The van der Waals surface area contributed by atoms with Crippen LogP contribution in [0.4, 0.5) is 4.39 Å². The molecular weight excluding hydrogens is 341 g/mol. The van der Waals surface area contributed by atoms with E-state index in [1.807, 2.05) is 36.9 Å². The highest BCUT2D eigenvalue weighted by molar-refractivity contribution is 5.50. The quantitative estimate of drug-likeness (QED) is 0.700. The molecule has 1 fully saturated rings. The topological polar surface area (TPSA) is 46.8 Å². The zero-order chi connectivity index (χ0) is 18.8. The van der Waals surface area contributed by atoms with Crippen molar-refractivity contribution in [1.29, 1.82) is 0 Å². The molecule has 1 aliphatic rings. The van der Waals surface area contributed by atoms with Crippen LogP contribution in [0.1, 0.15) is 42.4 Å². The summed E-state index contributed by atoms with van der Waals surface area (Å²) in [5.41, 5.74) is 3.03. The Morgan fingerprint density at radius 1 is 1.15 bits per heavy atom. The van der Waals surface area contributed by atoms with E-state index in [4.69, 9.17) is 4.98 Å². The molecule has 0 spiro atoms. The highest BCUT2D eigenvalue weighted by Gasteiger charge is 2.26. The predicted molar refractivity (Wildman–Crippen MR) is 102 cm³/mol. The second-order valence-corrected chi connectivity index (χ2v) is 7.20. The number of imidazole rings is 1. The van der Waals surface area contributed by atoms with Gasteiger partial charge in [-0.3, -0.25) is 4.90 Å². The van der Waals surface area contributed by atoms with Gasteiger partial charge in [-0.1, -0.05) is 18.6 Å². The second kappa shape index (κ2) is 7.56. The lowest BCUT2D eigenvalue weighted by atomic mass is 9.97. The lowest BCUT2D eigenvalue weighted by Gasteiger charge is -2.35. The van der Waals surface area contributed by atoms with Crippen LogP contribution in [0.2, 0.25) is 0 Å². The monoisotopic (exact) mass is 365 g/mol. The first-order chi connectivity index (χ1) is 13.1. The third kappa shape index (κ3) is 3.90. The molecule has 0 bridgehead atoms. The number of piperidine rings is 1. The normalized spacial score (nSPS) is 18.0. The summed E-state index contributed by atoms with van der Waals surface area (Å²) in [5.74, 6) is 1.42. The Morgan fingerprint density at radius 3 is 2.70 bits per heavy atom. The smallest absolute Gasteiger partial charge is 0.158 e. The van der Waals surface area contributed by atoms with Crippen molar-refractivity contribution in [2.45, 2.75) is 38.8 Å². The number of aryl methyl sites for hydroxylation is 2. The Labute approximate surface area is 158 Å². The van der Waals surface area contributed by atoms with Crippen molar-refractivity contribution >= 4 is 0 Å². The molecule has 0 N–H and O–H groups in total. The van der Waals surface area contributed by atoms with Crippen LogP contribution in [0, 0.1) is 12.7 Å². The summed E-state index contributed by atoms with van der Waals surface area (Å²) in [6, 6.07) is 9.11. The van der Waals surface area contributed by atoms with E-state index in [1.54, 1.807) is 6.20 Å². The summed E-state index contributed by atoms with van der Waals surface area (Å²) in [5, 5.41) is 0. The molecule has 0 radical (unpaired) electrons. The van der Waals surface area contributed by atoms with E-state index in [0.29, 0.717) is 0 Å². The fraction of sp³-hybridized carbons (Fsp3) is 0.381. The van der Waals surface area contributed by atoms with Gasteiger partial charge in [0.1, 0.15) is 17.3 Å². The maximum atomic E-state index is 13.2. The van der Waals surface area contributed by atoms with Crippen molar-refractivity contribution in [3.05, 3.63) is 65.6 Å². The molecule has 3 heterocycles. The molecule has 3 aromatic rings. The molecule has 1 aromatic carbocycles. The third-order valence-corrected chi connectivity index (χ3v) is 5.16. The highest BCUT2D eigenvalue weighted by Crippen LogP contribution is 2.32. The SMILES string of the molecule is Cc1nc(-c2nccn2C)cc(C2CCCCN2Cc2ccc(F)cc2)n1. The Bertz CT molecular complexity index is 919. The molecule has 1 saturated heterocycles. The van der Waals surface area contributed by atoms with Crippen molar-refractivity contribution in [2.75, 3.05) is 6.54 Å². The van der Waals surface area contributed by atoms with E-state index in [9.17, 15) is 4.39 Å².